The molecule has 1 aromatic carbocycles. The minimum absolute atomic E-state index is 0.131. The quantitative estimate of drug-likeness (QED) is 0.510. The van der Waals surface area contributed by atoms with Crippen molar-refractivity contribution in [2.45, 2.75) is 125 Å². The van der Waals surface area contributed by atoms with E-state index >= 15 is 0 Å². The average Bonchev–Trinajstić information content (AvgIpc) is 3.40. The predicted octanol–water partition coefficient (Wildman–Crippen LogP) is 8.29. The zero-order valence-electron chi connectivity index (χ0n) is 23.2. The molecule has 2 aromatic rings. The maximum Gasteiger partial charge on any atom is 0.0840 e. The number of aromatic nitrogens is 1. The molecule has 0 spiro atoms. The summed E-state index contributed by atoms with van der Waals surface area (Å²) in [4.78, 5) is 4.78. The predicted molar refractivity (Wildman–Crippen MR) is 141 cm³/mol. The number of aliphatic hydroxyl groups is 1. The fraction of sp³-hybridized carbons (Fsp3) is 0.633. The van der Waals surface area contributed by atoms with Crippen molar-refractivity contribution in [3.63, 3.8) is 0 Å². The van der Waals surface area contributed by atoms with E-state index < -0.39 is 5.60 Å². The highest BCUT2D eigenvalue weighted by Crippen LogP contribution is 2.48. The van der Waals surface area contributed by atoms with Gasteiger partial charge in [0.05, 0.1) is 5.60 Å². The lowest BCUT2D eigenvalue weighted by Gasteiger charge is -2.24. The fourth-order valence-electron chi connectivity index (χ4n) is 3.40. The summed E-state index contributed by atoms with van der Waals surface area (Å²) in [6.07, 6.45) is 2.56. The highest BCUT2D eigenvalue weighted by atomic mass is 16.3. The first-order chi connectivity index (χ1) is 14.4. The van der Waals surface area contributed by atoms with E-state index in [2.05, 4.69) is 92.6 Å². The van der Waals surface area contributed by atoms with Crippen molar-refractivity contribution in [2.24, 2.45) is 0 Å². The summed E-state index contributed by atoms with van der Waals surface area (Å²) >= 11 is 0. The second-order valence-corrected chi connectivity index (χ2v) is 12.1. The van der Waals surface area contributed by atoms with Crippen LogP contribution in [0.15, 0.2) is 30.3 Å². The Bertz CT molecular complexity index is 761. The van der Waals surface area contributed by atoms with Crippen molar-refractivity contribution in [3.8, 4) is 0 Å². The standard InChI is InChI=1S/C14H23N.C14H20O.C2H6/c1-10-8-11(13(2,3)4)15-12(9-10)14(5,6)7;1-10-7-11(13(2,3)15)9-12(8-10)14(4)5-6-14;1-2/h8-9H,1-7H3;7-9,15H,5-6H2,1-4H3;1-2H3. The molecule has 180 valence electrons. The second-order valence-electron chi connectivity index (χ2n) is 12.1. The van der Waals surface area contributed by atoms with Gasteiger partial charge in [-0.15, -0.1) is 0 Å². The van der Waals surface area contributed by atoms with Gasteiger partial charge in [-0.1, -0.05) is 86.1 Å². The van der Waals surface area contributed by atoms with Crippen molar-refractivity contribution >= 4 is 0 Å². The van der Waals surface area contributed by atoms with Gasteiger partial charge in [0, 0.05) is 22.2 Å². The number of nitrogens with zero attached hydrogens (tertiary/aromatic N) is 1. The molecular weight excluding hydrogens is 390 g/mol. The fourth-order valence-corrected chi connectivity index (χ4v) is 3.40. The Balaban J connectivity index is 0.000000297. The Morgan fingerprint density at radius 3 is 1.47 bits per heavy atom. The zero-order chi connectivity index (χ0) is 25.1. The van der Waals surface area contributed by atoms with E-state index in [9.17, 15) is 5.11 Å². The highest BCUT2D eigenvalue weighted by molar-refractivity contribution is 5.39. The number of rotatable bonds is 2. The Kier molecular flexibility index (Phi) is 8.93. The Morgan fingerprint density at radius 2 is 1.12 bits per heavy atom. The van der Waals surface area contributed by atoms with E-state index in [0.717, 1.165) is 5.56 Å². The smallest absolute Gasteiger partial charge is 0.0840 e. The minimum Gasteiger partial charge on any atom is -0.386 e. The van der Waals surface area contributed by atoms with Crippen molar-refractivity contribution in [1.82, 2.24) is 4.98 Å². The molecular formula is C30H49NO. The maximum absolute atomic E-state index is 10.0. The van der Waals surface area contributed by atoms with Gasteiger partial charge < -0.3 is 5.11 Å². The van der Waals surface area contributed by atoms with Crippen molar-refractivity contribution in [2.75, 3.05) is 0 Å². The summed E-state index contributed by atoms with van der Waals surface area (Å²) < 4.78 is 0. The summed E-state index contributed by atoms with van der Waals surface area (Å²) in [5, 5.41) is 10.0. The molecule has 3 rings (SSSR count). The van der Waals surface area contributed by atoms with Gasteiger partial charge in [0.25, 0.3) is 0 Å². The summed E-state index contributed by atoms with van der Waals surface area (Å²) in [6.45, 7) is 27.5. The topological polar surface area (TPSA) is 33.1 Å². The highest BCUT2D eigenvalue weighted by Gasteiger charge is 2.39. The summed E-state index contributed by atoms with van der Waals surface area (Å²) in [5.74, 6) is 0. The van der Waals surface area contributed by atoms with Gasteiger partial charge >= 0.3 is 0 Å². The van der Waals surface area contributed by atoms with E-state index in [1.165, 1.54) is 40.9 Å². The van der Waals surface area contributed by atoms with Crippen LogP contribution in [0, 0.1) is 13.8 Å². The van der Waals surface area contributed by atoms with Crippen LogP contribution < -0.4 is 0 Å². The lowest BCUT2D eigenvalue weighted by Crippen LogP contribution is -2.20. The normalized spacial score (nSPS) is 15.2. The Hall–Kier alpha value is -1.67. The lowest BCUT2D eigenvalue weighted by molar-refractivity contribution is 0.0784. The van der Waals surface area contributed by atoms with Gasteiger partial charge in [-0.3, -0.25) is 4.98 Å². The van der Waals surface area contributed by atoms with Crippen molar-refractivity contribution < 1.29 is 5.11 Å². The molecule has 0 unspecified atom stereocenters. The van der Waals surface area contributed by atoms with Crippen LogP contribution in [0.2, 0.25) is 0 Å². The molecule has 0 saturated heterocycles. The van der Waals surface area contributed by atoms with E-state index in [4.69, 9.17) is 4.98 Å². The summed E-state index contributed by atoms with van der Waals surface area (Å²) in [6, 6.07) is 10.9. The second kappa shape index (κ2) is 10.1. The number of aryl methyl sites for hydroxylation is 2. The molecule has 0 radical (unpaired) electrons. The molecule has 1 heterocycles. The molecule has 32 heavy (non-hydrogen) atoms. The van der Waals surface area contributed by atoms with Gasteiger partial charge in [0.1, 0.15) is 0 Å². The molecule has 1 fully saturated rings. The first kappa shape index (κ1) is 28.4. The summed E-state index contributed by atoms with van der Waals surface area (Å²) in [5.41, 5.74) is 7.26. The molecule has 2 heteroatoms. The molecule has 1 N–H and O–H groups in total. The van der Waals surface area contributed by atoms with Crippen molar-refractivity contribution in [1.29, 1.82) is 0 Å². The van der Waals surface area contributed by atoms with Gasteiger partial charge in [-0.2, -0.15) is 0 Å². The monoisotopic (exact) mass is 439 g/mol. The maximum atomic E-state index is 10.0. The van der Waals surface area contributed by atoms with Crippen LogP contribution in [0.4, 0.5) is 0 Å². The summed E-state index contributed by atoms with van der Waals surface area (Å²) in [7, 11) is 0. The SMILES string of the molecule is CC.Cc1cc(C(C)(C)C)nc(C(C)(C)C)c1.Cc1cc(C(C)(C)O)cc(C2(C)CC2)c1. The van der Waals surface area contributed by atoms with E-state index in [-0.39, 0.29) is 10.8 Å². The molecule has 1 aliphatic rings. The van der Waals surface area contributed by atoms with Gasteiger partial charge in [-0.05, 0) is 74.8 Å². The van der Waals surface area contributed by atoms with E-state index in [0.29, 0.717) is 5.41 Å². The molecule has 1 aliphatic carbocycles. The number of hydrogen-bond donors (Lipinski definition) is 1. The Morgan fingerprint density at radius 1 is 0.719 bits per heavy atom. The third-order valence-corrected chi connectivity index (χ3v) is 5.99. The van der Waals surface area contributed by atoms with Crippen LogP contribution >= 0.6 is 0 Å². The minimum atomic E-state index is -0.730. The van der Waals surface area contributed by atoms with Crippen LogP contribution in [0.25, 0.3) is 0 Å². The number of pyridine rings is 1. The van der Waals surface area contributed by atoms with Gasteiger partial charge in [-0.25, -0.2) is 0 Å². The average molecular weight is 440 g/mol. The largest absolute Gasteiger partial charge is 0.386 e. The van der Waals surface area contributed by atoms with Gasteiger partial charge in [0.15, 0.2) is 0 Å². The van der Waals surface area contributed by atoms with Crippen LogP contribution in [-0.2, 0) is 21.8 Å². The molecule has 0 atom stereocenters. The molecule has 2 nitrogen and oxygen atoms in total. The van der Waals surface area contributed by atoms with E-state index in [1.807, 2.05) is 27.7 Å². The number of hydrogen-bond acceptors (Lipinski definition) is 2. The molecule has 0 amide bonds. The van der Waals surface area contributed by atoms with Crippen LogP contribution in [0.3, 0.4) is 0 Å². The zero-order valence-corrected chi connectivity index (χ0v) is 23.2. The van der Waals surface area contributed by atoms with Gasteiger partial charge in [0.2, 0.25) is 0 Å². The third kappa shape index (κ3) is 8.03. The van der Waals surface area contributed by atoms with Crippen LogP contribution in [0.1, 0.15) is 123 Å². The Labute approximate surface area is 198 Å². The molecule has 0 aliphatic heterocycles. The van der Waals surface area contributed by atoms with Crippen LogP contribution in [-0.4, -0.2) is 10.1 Å². The number of benzene rings is 1. The molecule has 1 saturated carbocycles. The van der Waals surface area contributed by atoms with Crippen LogP contribution in [0.5, 0.6) is 0 Å². The lowest BCUT2D eigenvalue weighted by atomic mass is 9.87. The first-order valence-corrected chi connectivity index (χ1v) is 12.3. The molecule has 1 aromatic heterocycles. The first-order valence-electron chi connectivity index (χ1n) is 12.3. The van der Waals surface area contributed by atoms with E-state index in [1.54, 1.807) is 0 Å². The third-order valence-electron chi connectivity index (χ3n) is 5.99. The van der Waals surface area contributed by atoms with Crippen molar-refractivity contribution in [3.05, 3.63) is 64.0 Å². The molecule has 0 bridgehead atoms.